The van der Waals surface area contributed by atoms with Crippen LogP contribution in [0.1, 0.15) is 16.8 Å². The Morgan fingerprint density at radius 2 is 1.93 bits per heavy atom. The minimum Gasteiger partial charge on any atom is -0.443 e. The number of ether oxygens (including phenoxy) is 1. The minimum absolute atomic E-state index is 0.0937. The predicted octanol–water partition coefficient (Wildman–Crippen LogP) is 4.34. The first kappa shape index (κ1) is 18.7. The summed E-state index contributed by atoms with van der Waals surface area (Å²) in [6.45, 7) is 4.25. The van der Waals surface area contributed by atoms with Gasteiger partial charge in [-0.05, 0) is 43.7 Å². The highest BCUT2D eigenvalue weighted by molar-refractivity contribution is 5.88. The summed E-state index contributed by atoms with van der Waals surface area (Å²) >= 11 is 0. The molecule has 29 heavy (non-hydrogen) atoms. The van der Waals surface area contributed by atoms with Gasteiger partial charge in [-0.3, -0.25) is 10.00 Å². The Morgan fingerprint density at radius 3 is 2.72 bits per heavy atom. The van der Waals surface area contributed by atoms with Crippen molar-refractivity contribution < 1.29 is 9.53 Å². The molecule has 0 aliphatic rings. The van der Waals surface area contributed by atoms with Gasteiger partial charge in [-0.25, -0.2) is 9.78 Å². The van der Waals surface area contributed by atoms with E-state index < -0.39 is 6.09 Å². The number of imidazole rings is 1. The average Bonchev–Trinajstić information content (AvgIpc) is 3.23. The molecule has 0 atom stereocenters. The van der Waals surface area contributed by atoms with E-state index in [0.717, 1.165) is 22.3 Å². The van der Waals surface area contributed by atoms with Crippen molar-refractivity contribution in [3.05, 3.63) is 65.6 Å². The van der Waals surface area contributed by atoms with E-state index in [1.54, 1.807) is 6.33 Å². The zero-order valence-electron chi connectivity index (χ0n) is 16.9. The van der Waals surface area contributed by atoms with Gasteiger partial charge in [0.05, 0.1) is 23.1 Å². The van der Waals surface area contributed by atoms with E-state index >= 15 is 0 Å². The van der Waals surface area contributed by atoms with Crippen molar-refractivity contribution in [3.63, 3.8) is 0 Å². The lowest BCUT2D eigenvalue weighted by atomic mass is 10.0. The van der Waals surface area contributed by atoms with Crippen LogP contribution in [0.25, 0.3) is 22.3 Å². The second-order valence-corrected chi connectivity index (χ2v) is 7.22. The molecule has 0 radical (unpaired) electrons. The largest absolute Gasteiger partial charge is 0.443 e. The number of amides is 1. The molecule has 7 nitrogen and oxygen atoms in total. The van der Waals surface area contributed by atoms with Crippen LogP contribution in [0.3, 0.4) is 0 Å². The Hall–Kier alpha value is -3.61. The van der Waals surface area contributed by atoms with E-state index in [-0.39, 0.29) is 6.61 Å². The van der Waals surface area contributed by atoms with Gasteiger partial charge in [0.1, 0.15) is 12.3 Å². The third kappa shape index (κ3) is 3.85. The Morgan fingerprint density at radius 1 is 1.10 bits per heavy atom. The summed E-state index contributed by atoms with van der Waals surface area (Å²) in [5.41, 5.74) is 7.65. The zero-order chi connectivity index (χ0) is 20.5. The van der Waals surface area contributed by atoms with Crippen LogP contribution in [0.15, 0.2) is 48.8 Å². The molecule has 4 aromatic rings. The molecule has 7 heteroatoms. The van der Waals surface area contributed by atoms with Gasteiger partial charge in [-0.1, -0.05) is 23.8 Å². The Bertz CT molecular complexity index is 1210. The number of aryl methyl sites for hydroxylation is 4. The summed E-state index contributed by atoms with van der Waals surface area (Å²) < 4.78 is 9.08. The van der Waals surface area contributed by atoms with Crippen molar-refractivity contribution in [1.82, 2.24) is 19.3 Å². The van der Waals surface area contributed by atoms with Crippen LogP contribution in [-0.2, 0) is 25.4 Å². The number of hydrogen-bond acceptors (Lipinski definition) is 4. The SMILES string of the molecule is Cc1ccc(-c2cc(COC(=O)Nc3ccc4c(c3)ncn4C)nn2C)c(C)c1. The Balaban J connectivity index is 1.42. The highest BCUT2D eigenvalue weighted by Crippen LogP contribution is 2.25. The molecule has 2 aromatic heterocycles. The normalized spacial score (nSPS) is 11.0. The van der Waals surface area contributed by atoms with Crippen LogP contribution >= 0.6 is 0 Å². The van der Waals surface area contributed by atoms with Gasteiger partial charge in [0.2, 0.25) is 0 Å². The third-order valence-electron chi connectivity index (χ3n) is 4.91. The lowest BCUT2D eigenvalue weighted by molar-refractivity contribution is 0.153. The summed E-state index contributed by atoms with van der Waals surface area (Å²) in [4.78, 5) is 16.5. The monoisotopic (exact) mass is 389 g/mol. The number of benzene rings is 2. The van der Waals surface area contributed by atoms with E-state index in [1.165, 1.54) is 11.1 Å². The molecule has 0 unspecified atom stereocenters. The topological polar surface area (TPSA) is 74.0 Å². The zero-order valence-corrected chi connectivity index (χ0v) is 16.9. The molecule has 0 aliphatic heterocycles. The van der Waals surface area contributed by atoms with Crippen LogP contribution in [0.2, 0.25) is 0 Å². The average molecular weight is 389 g/mol. The number of fused-ring (bicyclic) bond motifs is 1. The molecule has 148 valence electrons. The molecule has 0 spiro atoms. The minimum atomic E-state index is -0.529. The molecule has 0 saturated heterocycles. The van der Waals surface area contributed by atoms with E-state index in [0.29, 0.717) is 11.4 Å². The smallest absolute Gasteiger partial charge is 0.412 e. The van der Waals surface area contributed by atoms with Crippen LogP contribution < -0.4 is 5.32 Å². The molecule has 0 aliphatic carbocycles. The van der Waals surface area contributed by atoms with Gasteiger partial charge in [-0.15, -0.1) is 0 Å². The molecule has 0 fully saturated rings. The number of anilines is 1. The molecule has 0 saturated carbocycles. The maximum absolute atomic E-state index is 12.2. The van der Waals surface area contributed by atoms with Gasteiger partial charge >= 0.3 is 6.09 Å². The molecule has 2 heterocycles. The number of nitrogens with one attached hydrogen (secondary N) is 1. The van der Waals surface area contributed by atoms with E-state index in [2.05, 4.69) is 47.4 Å². The number of nitrogens with zero attached hydrogens (tertiary/aromatic N) is 4. The van der Waals surface area contributed by atoms with Crippen LogP contribution in [-0.4, -0.2) is 25.4 Å². The van der Waals surface area contributed by atoms with Crippen molar-refractivity contribution in [1.29, 1.82) is 0 Å². The molecule has 1 amide bonds. The first-order chi connectivity index (χ1) is 13.9. The third-order valence-corrected chi connectivity index (χ3v) is 4.91. The van der Waals surface area contributed by atoms with Crippen molar-refractivity contribution in [2.75, 3.05) is 5.32 Å². The van der Waals surface area contributed by atoms with Crippen LogP contribution in [0, 0.1) is 13.8 Å². The molecule has 2 aromatic carbocycles. The fourth-order valence-corrected chi connectivity index (χ4v) is 3.46. The van der Waals surface area contributed by atoms with Crippen molar-refractivity contribution in [2.24, 2.45) is 14.1 Å². The van der Waals surface area contributed by atoms with E-state index in [9.17, 15) is 4.79 Å². The second-order valence-electron chi connectivity index (χ2n) is 7.22. The molecule has 0 bridgehead atoms. The molecular formula is C22H23N5O2. The number of hydrogen-bond donors (Lipinski definition) is 1. The quantitative estimate of drug-likeness (QED) is 0.563. The molecule has 4 rings (SSSR count). The Labute approximate surface area is 168 Å². The maximum atomic E-state index is 12.2. The maximum Gasteiger partial charge on any atom is 0.412 e. The highest BCUT2D eigenvalue weighted by Gasteiger charge is 2.12. The second kappa shape index (κ2) is 7.43. The predicted molar refractivity (Wildman–Crippen MR) is 113 cm³/mol. The summed E-state index contributed by atoms with van der Waals surface area (Å²) in [5.74, 6) is 0. The van der Waals surface area contributed by atoms with Gasteiger partial charge in [0, 0.05) is 25.3 Å². The highest BCUT2D eigenvalue weighted by atomic mass is 16.5. The van der Waals surface area contributed by atoms with Crippen molar-refractivity contribution >= 4 is 22.8 Å². The van der Waals surface area contributed by atoms with Gasteiger partial charge in [-0.2, -0.15) is 5.10 Å². The number of aromatic nitrogens is 4. The van der Waals surface area contributed by atoms with Gasteiger partial charge in [0.15, 0.2) is 0 Å². The van der Waals surface area contributed by atoms with Gasteiger partial charge in [0.25, 0.3) is 0 Å². The van der Waals surface area contributed by atoms with E-state index in [1.807, 2.05) is 47.6 Å². The summed E-state index contributed by atoms with van der Waals surface area (Å²) in [5, 5.41) is 7.21. The Kier molecular flexibility index (Phi) is 4.80. The lowest BCUT2D eigenvalue weighted by Crippen LogP contribution is -2.13. The van der Waals surface area contributed by atoms with Crippen molar-refractivity contribution in [3.8, 4) is 11.3 Å². The van der Waals surface area contributed by atoms with Crippen molar-refractivity contribution in [2.45, 2.75) is 20.5 Å². The molecule has 1 N–H and O–H groups in total. The van der Waals surface area contributed by atoms with Crippen LogP contribution in [0.4, 0.5) is 10.5 Å². The summed E-state index contributed by atoms with van der Waals surface area (Å²) in [6, 6.07) is 13.8. The van der Waals surface area contributed by atoms with E-state index in [4.69, 9.17) is 4.74 Å². The van der Waals surface area contributed by atoms with Crippen LogP contribution in [0.5, 0.6) is 0 Å². The fraction of sp³-hybridized carbons (Fsp3) is 0.227. The number of carbonyl (C=O) groups is 1. The van der Waals surface area contributed by atoms with Gasteiger partial charge < -0.3 is 9.30 Å². The summed E-state index contributed by atoms with van der Waals surface area (Å²) in [6.07, 6.45) is 1.21. The lowest BCUT2D eigenvalue weighted by Gasteiger charge is -2.06. The number of carbonyl (C=O) groups excluding carboxylic acids is 1. The number of rotatable bonds is 4. The summed E-state index contributed by atoms with van der Waals surface area (Å²) in [7, 11) is 3.82. The first-order valence-corrected chi connectivity index (χ1v) is 9.36. The molecular weight excluding hydrogens is 366 g/mol. The first-order valence-electron chi connectivity index (χ1n) is 9.36. The standard InChI is InChI=1S/C22H23N5O2/c1-14-5-7-18(15(2)9-14)21-11-17(25-27(21)4)12-29-22(28)24-16-6-8-20-19(10-16)23-13-26(20)3/h5-11,13H,12H2,1-4H3,(H,24,28). The fourth-order valence-electron chi connectivity index (χ4n) is 3.46.